The molecule has 0 atom stereocenters. The maximum Gasteiger partial charge on any atom is 0.244 e. The molecular weight excluding hydrogens is 324 g/mol. The summed E-state index contributed by atoms with van der Waals surface area (Å²) in [7, 11) is 0. The number of nitrogens with one attached hydrogen (secondary N) is 1. The third kappa shape index (κ3) is 4.94. The number of para-hydroxylation sites is 1. The van der Waals surface area contributed by atoms with Crippen LogP contribution >= 0.6 is 0 Å². The van der Waals surface area contributed by atoms with E-state index in [9.17, 15) is 9.59 Å². The van der Waals surface area contributed by atoms with E-state index >= 15 is 0 Å². The van der Waals surface area contributed by atoms with Gasteiger partial charge in [0.05, 0.1) is 0 Å². The molecule has 0 aliphatic heterocycles. The van der Waals surface area contributed by atoms with Crippen LogP contribution in [0.1, 0.15) is 45.7 Å². The number of carbonyl (C=O) groups excluding carboxylic acids is 2. The lowest BCUT2D eigenvalue weighted by atomic mass is 9.85. The minimum absolute atomic E-state index is 0.0159. The van der Waals surface area contributed by atoms with E-state index in [2.05, 4.69) is 33.0 Å². The van der Waals surface area contributed by atoms with E-state index in [0.29, 0.717) is 0 Å². The van der Waals surface area contributed by atoms with Crippen LogP contribution in [0.25, 0.3) is 0 Å². The molecule has 138 valence electrons. The fourth-order valence-electron chi connectivity index (χ4n) is 2.88. The first-order chi connectivity index (χ1) is 12.2. The topological polar surface area (TPSA) is 49.4 Å². The van der Waals surface area contributed by atoms with Crippen LogP contribution in [0.5, 0.6) is 0 Å². The van der Waals surface area contributed by atoms with Crippen molar-refractivity contribution in [2.24, 2.45) is 0 Å². The highest BCUT2D eigenvalue weighted by Gasteiger charge is 2.24. The highest BCUT2D eigenvalue weighted by molar-refractivity contribution is 6.02. The number of carbonyl (C=O) groups is 2. The Kier molecular flexibility index (Phi) is 6.19. The lowest BCUT2D eigenvalue weighted by Gasteiger charge is -2.29. The highest BCUT2D eigenvalue weighted by Crippen LogP contribution is 2.32. The molecule has 0 fully saturated rings. The van der Waals surface area contributed by atoms with Gasteiger partial charge in [-0.25, -0.2) is 0 Å². The van der Waals surface area contributed by atoms with Crippen molar-refractivity contribution < 1.29 is 9.59 Å². The van der Waals surface area contributed by atoms with Gasteiger partial charge in [0.2, 0.25) is 11.8 Å². The van der Waals surface area contributed by atoms with Crippen molar-refractivity contribution in [1.82, 2.24) is 0 Å². The van der Waals surface area contributed by atoms with Crippen molar-refractivity contribution in [3.63, 3.8) is 0 Å². The van der Waals surface area contributed by atoms with Crippen LogP contribution in [0.3, 0.4) is 0 Å². The van der Waals surface area contributed by atoms with Crippen LogP contribution in [0.15, 0.2) is 48.5 Å². The third-order valence-electron chi connectivity index (χ3n) is 4.33. The summed E-state index contributed by atoms with van der Waals surface area (Å²) in [5.74, 6) is -0.369. The van der Waals surface area contributed by atoms with Crippen LogP contribution in [-0.4, -0.2) is 18.4 Å². The van der Waals surface area contributed by atoms with Crippen LogP contribution in [0, 0.1) is 0 Å². The summed E-state index contributed by atoms with van der Waals surface area (Å²) in [6.07, 6.45) is 0.954. The predicted molar refractivity (Wildman–Crippen MR) is 108 cm³/mol. The van der Waals surface area contributed by atoms with Gasteiger partial charge in [-0.2, -0.15) is 0 Å². The summed E-state index contributed by atoms with van der Waals surface area (Å²) in [5, 5.41) is 2.87. The number of hydrogen-bond donors (Lipinski definition) is 1. The quantitative estimate of drug-likeness (QED) is 0.859. The van der Waals surface area contributed by atoms with Crippen molar-refractivity contribution >= 4 is 23.2 Å². The van der Waals surface area contributed by atoms with Crippen LogP contribution in [0.4, 0.5) is 11.4 Å². The molecule has 2 aromatic rings. The van der Waals surface area contributed by atoms with Gasteiger partial charge in [-0.3, -0.25) is 9.59 Å². The first kappa shape index (κ1) is 19.7. The highest BCUT2D eigenvalue weighted by atomic mass is 16.2. The molecule has 0 spiro atoms. The van der Waals surface area contributed by atoms with E-state index in [1.54, 1.807) is 0 Å². The SMILES string of the molecule is CCc1ccc(NC(=O)CN(C(C)=O)c2ccccc2C(C)(C)C)cc1. The smallest absolute Gasteiger partial charge is 0.244 e. The second-order valence-electron chi connectivity index (χ2n) is 7.47. The van der Waals surface area contributed by atoms with Crippen molar-refractivity contribution in [2.75, 3.05) is 16.8 Å². The molecule has 0 unspecified atom stereocenters. The molecule has 0 aliphatic carbocycles. The summed E-state index contributed by atoms with van der Waals surface area (Å²) in [6.45, 7) is 9.85. The van der Waals surface area contributed by atoms with E-state index in [0.717, 1.165) is 23.4 Å². The number of aryl methyl sites for hydroxylation is 1. The molecule has 0 aliphatic rings. The molecule has 0 radical (unpaired) electrons. The maximum atomic E-state index is 12.5. The molecular formula is C22H28N2O2. The molecule has 2 rings (SSSR count). The molecule has 0 aromatic heterocycles. The number of amides is 2. The van der Waals surface area contributed by atoms with Crippen molar-refractivity contribution in [3.8, 4) is 0 Å². The van der Waals surface area contributed by atoms with Gasteiger partial charge in [0.15, 0.2) is 0 Å². The largest absolute Gasteiger partial charge is 0.325 e. The Balaban J connectivity index is 2.21. The van der Waals surface area contributed by atoms with Crippen molar-refractivity contribution in [2.45, 2.75) is 46.5 Å². The zero-order valence-electron chi connectivity index (χ0n) is 16.3. The Labute approximate surface area is 156 Å². The van der Waals surface area contributed by atoms with Gasteiger partial charge in [-0.15, -0.1) is 0 Å². The lowest BCUT2D eigenvalue weighted by Crippen LogP contribution is -2.38. The van der Waals surface area contributed by atoms with Gasteiger partial charge in [0.1, 0.15) is 6.54 Å². The fraction of sp³-hybridized carbons (Fsp3) is 0.364. The molecule has 26 heavy (non-hydrogen) atoms. The Hall–Kier alpha value is -2.62. The summed E-state index contributed by atoms with van der Waals surface area (Å²) >= 11 is 0. The van der Waals surface area contributed by atoms with Crippen LogP contribution < -0.4 is 10.2 Å². The van der Waals surface area contributed by atoms with Crippen LogP contribution in [0.2, 0.25) is 0 Å². The summed E-state index contributed by atoms with van der Waals surface area (Å²) in [5.41, 5.74) is 3.64. The number of anilines is 2. The number of rotatable bonds is 5. The predicted octanol–water partition coefficient (Wildman–Crippen LogP) is 4.54. The number of hydrogen-bond acceptors (Lipinski definition) is 2. The van der Waals surface area contributed by atoms with Gasteiger partial charge in [-0.1, -0.05) is 58.0 Å². The van der Waals surface area contributed by atoms with E-state index in [1.165, 1.54) is 17.4 Å². The maximum absolute atomic E-state index is 12.5. The summed E-state index contributed by atoms with van der Waals surface area (Å²) < 4.78 is 0. The average Bonchev–Trinajstić information content (AvgIpc) is 2.59. The second-order valence-corrected chi connectivity index (χ2v) is 7.47. The molecule has 4 nitrogen and oxygen atoms in total. The molecule has 2 aromatic carbocycles. The minimum Gasteiger partial charge on any atom is -0.325 e. The first-order valence-corrected chi connectivity index (χ1v) is 8.98. The van der Waals surface area contributed by atoms with E-state index in [-0.39, 0.29) is 23.8 Å². The summed E-state index contributed by atoms with van der Waals surface area (Å²) in [4.78, 5) is 26.3. The molecule has 1 N–H and O–H groups in total. The average molecular weight is 352 g/mol. The van der Waals surface area contributed by atoms with Gasteiger partial charge < -0.3 is 10.2 Å². The van der Waals surface area contributed by atoms with E-state index in [4.69, 9.17) is 0 Å². The monoisotopic (exact) mass is 352 g/mol. The lowest BCUT2D eigenvalue weighted by molar-refractivity contribution is -0.120. The first-order valence-electron chi connectivity index (χ1n) is 8.98. The molecule has 0 bridgehead atoms. The van der Waals surface area contributed by atoms with Gasteiger partial charge in [0, 0.05) is 18.3 Å². The molecule has 2 amide bonds. The Bertz CT molecular complexity index is 773. The number of benzene rings is 2. The van der Waals surface area contributed by atoms with Crippen molar-refractivity contribution in [1.29, 1.82) is 0 Å². The Morgan fingerprint density at radius 1 is 1.00 bits per heavy atom. The van der Waals surface area contributed by atoms with Crippen LogP contribution in [-0.2, 0) is 21.4 Å². The standard InChI is InChI=1S/C22H28N2O2/c1-6-17-11-13-18(14-12-17)23-21(26)15-24(16(2)25)20-10-8-7-9-19(20)22(3,4)5/h7-14H,6,15H2,1-5H3,(H,23,26). The number of nitrogens with zero attached hydrogens (tertiary/aromatic N) is 1. The normalized spacial score (nSPS) is 11.1. The Morgan fingerprint density at radius 2 is 1.62 bits per heavy atom. The third-order valence-corrected chi connectivity index (χ3v) is 4.33. The van der Waals surface area contributed by atoms with Gasteiger partial charge in [-0.05, 0) is 41.2 Å². The minimum atomic E-state index is -0.215. The molecule has 4 heteroatoms. The van der Waals surface area contributed by atoms with Crippen molar-refractivity contribution in [3.05, 3.63) is 59.7 Å². The van der Waals surface area contributed by atoms with E-state index in [1.807, 2.05) is 48.5 Å². The van der Waals surface area contributed by atoms with Gasteiger partial charge in [0.25, 0.3) is 0 Å². The fourth-order valence-corrected chi connectivity index (χ4v) is 2.88. The second kappa shape index (κ2) is 8.17. The molecule has 0 heterocycles. The zero-order valence-corrected chi connectivity index (χ0v) is 16.3. The Morgan fingerprint density at radius 3 is 2.15 bits per heavy atom. The summed E-state index contributed by atoms with van der Waals surface area (Å²) in [6, 6.07) is 15.5. The van der Waals surface area contributed by atoms with E-state index < -0.39 is 0 Å². The zero-order chi connectivity index (χ0) is 19.3. The van der Waals surface area contributed by atoms with Gasteiger partial charge >= 0.3 is 0 Å². The molecule has 0 saturated carbocycles. The molecule has 0 saturated heterocycles.